The molecular weight excluding hydrogens is 335 g/mol. The van der Waals surface area contributed by atoms with Crippen LogP contribution in [-0.4, -0.2) is 29.1 Å². The smallest absolute Gasteiger partial charge is 0.308 e. The predicted molar refractivity (Wildman–Crippen MR) is 92.3 cm³/mol. The predicted octanol–water partition coefficient (Wildman–Crippen LogP) is 4.36. The summed E-state index contributed by atoms with van der Waals surface area (Å²) in [4.78, 5) is 17.7. The van der Waals surface area contributed by atoms with E-state index in [0.29, 0.717) is 16.6 Å². The summed E-state index contributed by atoms with van der Waals surface area (Å²) in [6.07, 6.45) is 3.33. The van der Waals surface area contributed by atoms with E-state index in [2.05, 4.69) is 4.98 Å². The number of carbonyl (C=O) groups is 1. The van der Waals surface area contributed by atoms with Crippen molar-refractivity contribution in [3.05, 3.63) is 46.6 Å². The molecule has 1 aliphatic heterocycles. The molecule has 0 saturated carbocycles. The van der Waals surface area contributed by atoms with Crippen molar-refractivity contribution in [3.63, 3.8) is 0 Å². The molecule has 1 atom stereocenters. The number of nitrogens with zero attached hydrogens (tertiary/aromatic N) is 2. The third-order valence-electron chi connectivity index (χ3n) is 4.08. The number of benzene rings is 1. The van der Waals surface area contributed by atoms with Gasteiger partial charge in [0.1, 0.15) is 5.82 Å². The molecule has 6 heteroatoms. The van der Waals surface area contributed by atoms with Crippen molar-refractivity contribution < 1.29 is 9.90 Å². The first-order valence-electron chi connectivity index (χ1n) is 7.44. The maximum atomic E-state index is 11.2. The average Bonchev–Trinajstić information content (AvgIpc) is 2.57. The first-order valence-corrected chi connectivity index (χ1v) is 8.19. The normalized spacial score (nSPS) is 18.0. The number of pyridine rings is 1. The van der Waals surface area contributed by atoms with E-state index in [-0.39, 0.29) is 5.92 Å². The SMILES string of the molecule is O=C(O)C1CCCN(c2ccc(-c3cc(Cl)ccc3Cl)cn2)C1. The van der Waals surface area contributed by atoms with Gasteiger partial charge in [-0.15, -0.1) is 0 Å². The fourth-order valence-corrected chi connectivity index (χ4v) is 3.24. The van der Waals surface area contributed by atoms with E-state index in [0.717, 1.165) is 36.3 Å². The van der Waals surface area contributed by atoms with E-state index in [9.17, 15) is 9.90 Å². The van der Waals surface area contributed by atoms with Gasteiger partial charge in [0.2, 0.25) is 0 Å². The van der Waals surface area contributed by atoms with E-state index in [1.165, 1.54) is 0 Å². The van der Waals surface area contributed by atoms with Crippen LogP contribution in [0.25, 0.3) is 11.1 Å². The van der Waals surface area contributed by atoms with Gasteiger partial charge in [-0.25, -0.2) is 4.98 Å². The molecule has 0 aliphatic carbocycles. The number of aliphatic carboxylic acids is 1. The van der Waals surface area contributed by atoms with Gasteiger partial charge in [-0.3, -0.25) is 4.79 Å². The third kappa shape index (κ3) is 3.59. The fourth-order valence-electron chi connectivity index (χ4n) is 2.84. The van der Waals surface area contributed by atoms with Gasteiger partial charge in [-0.05, 0) is 43.2 Å². The van der Waals surface area contributed by atoms with Crippen LogP contribution in [-0.2, 0) is 4.79 Å². The monoisotopic (exact) mass is 350 g/mol. The number of carboxylic acid groups (broad SMARTS) is 1. The quantitative estimate of drug-likeness (QED) is 0.893. The van der Waals surface area contributed by atoms with Crippen molar-refractivity contribution in [1.82, 2.24) is 4.98 Å². The highest BCUT2D eigenvalue weighted by Gasteiger charge is 2.26. The van der Waals surface area contributed by atoms with Crippen molar-refractivity contribution in [1.29, 1.82) is 0 Å². The molecule has 3 rings (SSSR count). The van der Waals surface area contributed by atoms with Crippen molar-refractivity contribution in [2.75, 3.05) is 18.0 Å². The zero-order chi connectivity index (χ0) is 16.4. The standard InChI is InChI=1S/C17H16Cl2N2O2/c18-13-4-5-15(19)14(8-13)11-3-6-16(20-9-11)21-7-1-2-12(10-21)17(22)23/h3-6,8-9,12H,1-2,7,10H2,(H,22,23). The largest absolute Gasteiger partial charge is 0.481 e. The first-order chi connectivity index (χ1) is 11.0. The van der Waals surface area contributed by atoms with Gasteiger partial charge in [-0.1, -0.05) is 23.2 Å². The number of carboxylic acids is 1. The highest BCUT2D eigenvalue weighted by atomic mass is 35.5. The minimum Gasteiger partial charge on any atom is -0.481 e. The van der Waals surface area contributed by atoms with Crippen LogP contribution in [0, 0.1) is 5.92 Å². The Morgan fingerprint density at radius 2 is 2.09 bits per heavy atom. The maximum Gasteiger partial charge on any atom is 0.308 e. The summed E-state index contributed by atoms with van der Waals surface area (Å²) in [6.45, 7) is 1.33. The summed E-state index contributed by atoms with van der Waals surface area (Å²) >= 11 is 12.2. The summed E-state index contributed by atoms with van der Waals surface area (Å²) in [5, 5.41) is 10.4. The maximum absolute atomic E-state index is 11.2. The number of halogens is 2. The van der Waals surface area contributed by atoms with E-state index in [4.69, 9.17) is 23.2 Å². The highest BCUT2D eigenvalue weighted by molar-refractivity contribution is 6.35. The fraction of sp³-hybridized carbons (Fsp3) is 0.294. The Bertz CT molecular complexity index is 719. The summed E-state index contributed by atoms with van der Waals surface area (Å²) in [5.74, 6) is -0.275. The van der Waals surface area contributed by atoms with Crippen LogP contribution in [0.4, 0.5) is 5.82 Å². The molecule has 1 aromatic carbocycles. The van der Waals surface area contributed by atoms with Crippen LogP contribution in [0.3, 0.4) is 0 Å². The average molecular weight is 351 g/mol. The highest BCUT2D eigenvalue weighted by Crippen LogP contribution is 2.31. The molecule has 0 amide bonds. The van der Waals surface area contributed by atoms with E-state index >= 15 is 0 Å². The number of aromatic nitrogens is 1. The van der Waals surface area contributed by atoms with Crippen LogP contribution in [0.5, 0.6) is 0 Å². The van der Waals surface area contributed by atoms with Crippen molar-refractivity contribution in [2.24, 2.45) is 5.92 Å². The topological polar surface area (TPSA) is 53.4 Å². The van der Waals surface area contributed by atoms with Gasteiger partial charge in [0.25, 0.3) is 0 Å². The minimum absolute atomic E-state index is 0.326. The lowest BCUT2D eigenvalue weighted by Gasteiger charge is -2.31. The zero-order valence-electron chi connectivity index (χ0n) is 12.4. The molecule has 1 saturated heterocycles. The van der Waals surface area contributed by atoms with Crippen molar-refractivity contribution in [2.45, 2.75) is 12.8 Å². The number of hydrogen-bond donors (Lipinski definition) is 1. The van der Waals surface area contributed by atoms with Crippen molar-refractivity contribution >= 4 is 35.0 Å². The Balaban J connectivity index is 1.82. The van der Waals surface area contributed by atoms with E-state index in [1.807, 2.05) is 23.1 Å². The van der Waals surface area contributed by atoms with Crippen LogP contribution in [0.15, 0.2) is 36.5 Å². The minimum atomic E-state index is -0.739. The lowest BCUT2D eigenvalue weighted by molar-refractivity contribution is -0.141. The second-order valence-corrected chi connectivity index (χ2v) is 6.50. The molecule has 1 fully saturated rings. The Morgan fingerprint density at radius 3 is 2.78 bits per heavy atom. The van der Waals surface area contributed by atoms with Crippen LogP contribution in [0.2, 0.25) is 10.0 Å². The molecule has 1 N–H and O–H groups in total. The third-order valence-corrected chi connectivity index (χ3v) is 4.65. The Morgan fingerprint density at radius 1 is 1.26 bits per heavy atom. The van der Waals surface area contributed by atoms with Gasteiger partial charge >= 0.3 is 5.97 Å². The molecule has 2 heterocycles. The zero-order valence-corrected chi connectivity index (χ0v) is 13.9. The van der Waals surface area contributed by atoms with Gasteiger partial charge in [0, 0.05) is 40.5 Å². The second-order valence-electron chi connectivity index (χ2n) is 5.65. The summed E-state index contributed by atoms with van der Waals surface area (Å²) < 4.78 is 0. The summed E-state index contributed by atoms with van der Waals surface area (Å²) in [5.41, 5.74) is 1.72. The van der Waals surface area contributed by atoms with E-state index in [1.54, 1.807) is 18.3 Å². The molecule has 0 radical (unpaired) electrons. The number of anilines is 1. The summed E-state index contributed by atoms with van der Waals surface area (Å²) in [7, 11) is 0. The van der Waals surface area contributed by atoms with Gasteiger partial charge < -0.3 is 10.0 Å². The van der Waals surface area contributed by atoms with Gasteiger partial charge in [0.05, 0.1) is 5.92 Å². The van der Waals surface area contributed by atoms with E-state index < -0.39 is 5.97 Å². The van der Waals surface area contributed by atoms with Crippen molar-refractivity contribution in [3.8, 4) is 11.1 Å². The first kappa shape index (κ1) is 16.1. The molecule has 4 nitrogen and oxygen atoms in total. The lowest BCUT2D eigenvalue weighted by Crippen LogP contribution is -2.39. The van der Waals surface area contributed by atoms with Gasteiger partial charge in [-0.2, -0.15) is 0 Å². The second kappa shape index (κ2) is 6.77. The van der Waals surface area contributed by atoms with Crippen LogP contribution >= 0.6 is 23.2 Å². The molecule has 0 bridgehead atoms. The Labute approximate surface area is 144 Å². The molecule has 1 aromatic heterocycles. The van der Waals surface area contributed by atoms with Gasteiger partial charge in [0.15, 0.2) is 0 Å². The molecule has 2 aromatic rings. The molecule has 1 unspecified atom stereocenters. The molecule has 23 heavy (non-hydrogen) atoms. The Hall–Kier alpha value is -1.78. The molecule has 0 spiro atoms. The van der Waals surface area contributed by atoms with Crippen LogP contribution < -0.4 is 4.90 Å². The number of rotatable bonds is 3. The Kier molecular flexibility index (Phi) is 4.74. The molecular formula is C17H16Cl2N2O2. The lowest BCUT2D eigenvalue weighted by atomic mass is 9.98. The molecule has 1 aliphatic rings. The number of piperidine rings is 1. The molecule has 120 valence electrons. The number of hydrogen-bond acceptors (Lipinski definition) is 3. The summed E-state index contributed by atoms with van der Waals surface area (Å²) in [6, 6.07) is 9.15. The van der Waals surface area contributed by atoms with Crippen LogP contribution in [0.1, 0.15) is 12.8 Å².